The molecule has 0 fully saturated rings. The fraction of sp³-hybridized carbons (Fsp3) is 0.0909. The van der Waals surface area contributed by atoms with Crippen molar-refractivity contribution in [1.29, 1.82) is 0 Å². The highest BCUT2D eigenvalue weighted by Crippen LogP contribution is 2.17. The standard InChI is InChI=1S/C11H8BrFO2/c12-11-5-8(7-15-11)6-14-10-3-1-9(13)2-4-10/h1-5,7H,6H2. The molecule has 0 spiro atoms. The van der Waals surface area contributed by atoms with Gasteiger partial charge in [0.15, 0.2) is 4.67 Å². The minimum absolute atomic E-state index is 0.270. The van der Waals surface area contributed by atoms with E-state index in [9.17, 15) is 4.39 Å². The van der Waals surface area contributed by atoms with Crippen LogP contribution in [0.2, 0.25) is 0 Å². The van der Waals surface area contributed by atoms with Gasteiger partial charge in [0.2, 0.25) is 0 Å². The number of rotatable bonds is 3. The summed E-state index contributed by atoms with van der Waals surface area (Å²) in [4.78, 5) is 0. The summed E-state index contributed by atoms with van der Waals surface area (Å²) < 4.78 is 23.7. The highest BCUT2D eigenvalue weighted by molar-refractivity contribution is 9.10. The summed E-state index contributed by atoms with van der Waals surface area (Å²) in [6.07, 6.45) is 1.60. The van der Waals surface area contributed by atoms with Crippen LogP contribution in [0.15, 0.2) is 45.7 Å². The lowest BCUT2D eigenvalue weighted by Crippen LogP contribution is -1.93. The van der Waals surface area contributed by atoms with Crippen LogP contribution in [0.5, 0.6) is 5.75 Å². The van der Waals surface area contributed by atoms with Gasteiger partial charge in [0, 0.05) is 5.56 Å². The van der Waals surface area contributed by atoms with E-state index in [0.717, 1.165) is 5.56 Å². The maximum absolute atomic E-state index is 12.6. The molecule has 0 aliphatic rings. The molecule has 78 valence electrons. The molecule has 0 aliphatic heterocycles. The summed E-state index contributed by atoms with van der Waals surface area (Å²) in [7, 11) is 0. The van der Waals surface area contributed by atoms with Crippen molar-refractivity contribution in [3.63, 3.8) is 0 Å². The van der Waals surface area contributed by atoms with Gasteiger partial charge in [-0.15, -0.1) is 0 Å². The van der Waals surface area contributed by atoms with Crippen LogP contribution in [0.25, 0.3) is 0 Å². The lowest BCUT2D eigenvalue weighted by Gasteiger charge is -2.03. The van der Waals surface area contributed by atoms with Crippen molar-refractivity contribution in [2.24, 2.45) is 0 Å². The molecule has 0 aliphatic carbocycles. The molecule has 1 heterocycles. The Bertz CT molecular complexity index is 436. The maximum Gasteiger partial charge on any atom is 0.169 e. The van der Waals surface area contributed by atoms with Gasteiger partial charge < -0.3 is 9.15 Å². The Kier molecular flexibility index (Phi) is 3.06. The smallest absolute Gasteiger partial charge is 0.169 e. The van der Waals surface area contributed by atoms with E-state index in [1.807, 2.05) is 6.07 Å². The summed E-state index contributed by atoms with van der Waals surface area (Å²) in [5, 5.41) is 0. The van der Waals surface area contributed by atoms with Gasteiger partial charge in [-0.1, -0.05) is 0 Å². The lowest BCUT2D eigenvalue weighted by atomic mass is 10.3. The maximum atomic E-state index is 12.6. The van der Waals surface area contributed by atoms with E-state index in [0.29, 0.717) is 17.0 Å². The molecule has 1 aromatic carbocycles. The molecule has 0 N–H and O–H groups in total. The zero-order valence-corrected chi connectivity index (χ0v) is 9.33. The van der Waals surface area contributed by atoms with Crippen molar-refractivity contribution in [2.75, 3.05) is 0 Å². The largest absolute Gasteiger partial charge is 0.489 e. The van der Waals surface area contributed by atoms with Gasteiger partial charge in [-0.05, 0) is 46.3 Å². The van der Waals surface area contributed by atoms with E-state index in [2.05, 4.69) is 15.9 Å². The Labute approximate surface area is 94.8 Å². The van der Waals surface area contributed by atoms with Crippen LogP contribution < -0.4 is 4.74 Å². The zero-order valence-electron chi connectivity index (χ0n) is 7.74. The SMILES string of the molecule is Fc1ccc(OCc2coc(Br)c2)cc1. The molecular formula is C11H8BrFO2. The molecule has 2 rings (SSSR count). The molecule has 15 heavy (non-hydrogen) atoms. The highest BCUT2D eigenvalue weighted by Gasteiger charge is 2.00. The van der Waals surface area contributed by atoms with Gasteiger partial charge in [-0.25, -0.2) is 4.39 Å². The van der Waals surface area contributed by atoms with Gasteiger partial charge in [-0.3, -0.25) is 0 Å². The van der Waals surface area contributed by atoms with E-state index in [4.69, 9.17) is 9.15 Å². The topological polar surface area (TPSA) is 22.4 Å². The molecule has 1 aromatic heterocycles. The van der Waals surface area contributed by atoms with E-state index < -0.39 is 0 Å². The Morgan fingerprint density at radius 1 is 1.27 bits per heavy atom. The zero-order chi connectivity index (χ0) is 10.7. The van der Waals surface area contributed by atoms with Gasteiger partial charge >= 0.3 is 0 Å². The summed E-state index contributed by atoms with van der Waals surface area (Å²) >= 11 is 3.20. The molecule has 0 saturated heterocycles. The lowest BCUT2D eigenvalue weighted by molar-refractivity contribution is 0.304. The second-order valence-electron chi connectivity index (χ2n) is 3.00. The van der Waals surface area contributed by atoms with Crippen LogP contribution >= 0.6 is 15.9 Å². The number of hydrogen-bond acceptors (Lipinski definition) is 2. The molecular weight excluding hydrogens is 263 g/mol. The summed E-state index contributed by atoms with van der Waals surface area (Å²) in [6, 6.07) is 7.72. The first kappa shape index (κ1) is 10.2. The Morgan fingerprint density at radius 3 is 2.60 bits per heavy atom. The fourth-order valence-electron chi connectivity index (χ4n) is 1.12. The number of furan rings is 1. The van der Waals surface area contributed by atoms with Gasteiger partial charge in [0.1, 0.15) is 18.2 Å². The first-order valence-electron chi connectivity index (χ1n) is 4.35. The minimum atomic E-state index is -0.270. The molecule has 0 amide bonds. The predicted molar refractivity (Wildman–Crippen MR) is 57.1 cm³/mol. The van der Waals surface area contributed by atoms with Crippen molar-refractivity contribution >= 4 is 15.9 Å². The van der Waals surface area contributed by atoms with Gasteiger partial charge in [0.25, 0.3) is 0 Å². The second kappa shape index (κ2) is 4.49. The van der Waals surface area contributed by atoms with Crippen molar-refractivity contribution in [3.05, 3.63) is 52.6 Å². The van der Waals surface area contributed by atoms with Gasteiger partial charge in [-0.2, -0.15) is 0 Å². The minimum Gasteiger partial charge on any atom is -0.489 e. The van der Waals surface area contributed by atoms with Crippen LogP contribution in [-0.2, 0) is 6.61 Å². The first-order valence-corrected chi connectivity index (χ1v) is 5.14. The summed E-state index contributed by atoms with van der Waals surface area (Å²) in [5.41, 5.74) is 0.922. The number of benzene rings is 1. The third-order valence-corrected chi connectivity index (χ3v) is 2.26. The summed E-state index contributed by atoms with van der Waals surface area (Å²) in [5.74, 6) is 0.363. The molecule has 2 nitrogen and oxygen atoms in total. The highest BCUT2D eigenvalue weighted by atomic mass is 79.9. The number of halogens is 2. The van der Waals surface area contributed by atoms with E-state index >= 15 is 0 Å². The van der Waals surface area contributed by atoms with Crippen LogP contribution in [0, 0.1) is 5.82 Å². The van der Waals surface area contributed by atoms with Crippen LogP contribution in [0.1, 0.15) is 5.56 Å². The van der Waals surface area contributed by atoms with Crippen molar-refractivity contribution < 1.29 is 13.5 Å². The van der Waals surface area contributed by atoms with E-state index in [1.54, 1.807) is 18.4 Å². The number of ether oxygens (including phenoxy) is 1. The second-order valence-corrected chi connectivity index (χ2v) is 3.78. The number of hydrogen-bond donors (Lipinski definition) is 0. The third-order valence-electron chi connectivity index (χ3n) is 1.84. The average molecular weight is 271 g/mol. The molecule has 0 radical (unpaired) electrons. The van der Waals surface area contributed by atoms with E-state index in [-0.39, 0.29) is 5.82 Å². The molecule has 2 aromatic rings. The molecule has 4 heteroatoms. The molecule has 0 saturated carbocycles. The predicted octanol–water partition coefficient (Wildman–Crippen LogP) is 3.76. The normalized spacial score (nSPS) is 10.3. The van der Waals surface area contributed by atoms with Gasteiger partial charge in [0.05, 0.1) is 6.26 Å². The van der Waals surface area contributed by atoms with Crippen molar-refractivity contribution in [1.82, 2.24) is 0 Å². The Balaban J connectivity index is 1.96. The van der Waals surface area contributed by atoms with Crippen molar-refractivity contribution in [3.8, 4) is 5.75 Å². The van der Waals surface area contributed by atoms with Crippen molar-refractivity contribution in [2.45, 2.75) is 6.61 Å². The monoisotopic (exact) mass is 270 g/mol. The average Bonchev–Trinajstić information content (AvgIpc) is 2.64. The molecule has 0 bridgehead atoms. The van der Waals surface area contributed by atoms with Crippen LogP contribution in [0.4, 0.5) is 4.39 Å². The Hall–Kier alpha value is -1.29. The fourth-order valence-corrected chi connectivity index (χ4v) is 1.51. The van der Waals surface area contributed by atoms with Crippen LogP contribution in [-0.4, -0.2) is 0 Å². The van der Waals surface area contributed by atoms with Crippen LogP contribution in [0.3, 0.4) is 0 Å². The quantitative estimate of drug-likeness (QED) is 0.848. The summed E-state index contributed by atoms with van der Waals surface area (Å²) in [6.45, 7) is 0.404. The molecule has 0 unspecified atom stereocenters. The van der Waals surface area contributed by atoms with E-state index in [1.165, 1.54) is 12.1 Å². The first-order chi connectivity index (χ1) is 7.24. The Morgan fingerprint density at radius 2 is 2.00 bits per heavy atom. The molecule has 0 atom stereocenters. The third kappa shape index (κ3) is 2.83.